The van der Waals surface area contributed by atoms with Crippen LogP contribution < -0.4 is 19.7 Å². The topological polar surface area (TPSA) is 93.4 Å². The first-order valence-corrected chi connectivity index (χ1v) is 11.7. The zero-order valence-electron chi connectivity index (χ0n) is 21.0. The number of hydrazone groups is 1. The molecule has 0 aliphatic carbocycles. The molecule has 1 fully saturated rings. The fourth-order valence-electron chi connectivity index (χ4n) is 4.64. The second kappa shape index (κ2) is 10.2. The van der Waals surface area contributed by atoms with Crippen LogP contribution in [0.3, 0.4) is 0 Å². The number of fused-ring (bicyclic) bond motifs is 1. The van der Waals surface area contributed by atoms with E-state index >= 15 is 0 Å². The Morgan fingerprint density at radius 2 is 1.80 bits per heavy atom. The van der Waals surface area contributed by atoms with Crippen LogP contribution in [0.2, 0.25) is 0 Å². The van der Waals surface area contributed by atoms with Gasteiger partial charge in [-0.2, -0.15) is 10.4 Å². The van der Waals surface area contributed by atoms with Gasteiger partial charge in [0.1, 0.15) is 6.07 Å². The summed E-state index contributed by atoms with van der Waals surface area (Å²) in [6.45, 7) is 5.60. The summed E-state index contributed by atoms with van der Waals surface area (Å²) in [7, 11) is 6.89. The van der Waals surface area contributed by atoms with Crippen LogP contribution in [-0.4, -0.2) is 82.2 Å². The molecule has 0 bridgehead atoms. The lowest BCUT2D eigenvalue weighted by Gasteiger charge is -2.34. The van der Waals surface area contributed by atoms with Gasteiger partial charge in [-0.1, -0.05) is 6.07 Å². The van der Waals surface area contributed by atoms with Crippen molar-refractivity contribution in [1.29, 1.82) is 5.26 Å². The Kier molecular flexibility index (Phi) is 7.12. The summed E-state index contributed by atoms with van der Waals surface area (Å²) in [6, 6.07) is 11.6. The summed E-state index contributed by atoms with van der Waals surface area (Å²) >= 11 is 0. The van der Waals surface area contributed by atoms with Crippen LogP contribution in [0, 0.1) is 11.3 Å². The zero-order valence-corrected chi connectivity index (χ0v) is 21.0. The van der Waals surface area contributed by atoms with Gasteiger partial charge in [-0.15, -0.1) is 0 Å². The number of hydrogen-bond acceptors (Lipinski definition) is 7. The van der Waals surface area contributed by atoms with E-state index in [4.69, 9.17) is 14.6 Å². The zero-order chi connectivity index (χ0) is 25.1. The van der Waals surface area contributed by atoms with Crippen molar-refractivity contribution in [2.24, 2.45) is 5.10 Å². The van der Waals surface area contributed by atoms with E-state index in [9.17, 15) is 10.1 Å². The van der Waals surface area contributed by atoms with Crippen molar-refractivity contribution in [2.75, 3.05) is 59.4 Å². The smallest absolute Gasteiger partial charge is 0.337 e. The Balaban J connectivity index is 1.86. The normalized spacial score (nSPS) is 18.2. The number of likely N-dealkylation sites (N-methyl/N-ethyl adjacent to an activating group) is 1. The third-order valence-electron chi connectivity index (χ3n) is 6.66. The van der Waals surface area contributed by atoms with Crippen molar-refractivity contribution in [1.82, 2.24) is 15.2 Å². The predicted molar refractivity (Wildman–Crippen MR) is 136 cm³/mol. The number of carbonyl (C=O) groups is 1. The number of amides is 2. The summed E-state index contributed by atoms with van der Waals surface area (Å²) in [5.41, 5.74) is 4.70. The molecule has 0 radical (unpaired) electrons. The number of nitrogens with one attached hydrogen (secondary N) is 1. The van der Waals surface area contributed by atoms with E-state index in [1.807, 2.05) is 37.3 Å². The Labute approximate surface area is 206 Å². The molecule has 184 valence electrons. The van der Waals surface area contributed by atoms with E-state index < -0.39 is 0 Å². The van der Waals surface area contributed by atoms with Crippen molar-refractivity contribution in [3.05, 3.63) is 52.6 Å². The first kappa shape index (κ1) is 24.4. The number of hydrogen-bond donors (Lipinski definition) is 1. The van der Waals surface area contributed by atoms with Gasteiger partial charge in [-0.3, -0.25) is 0 Å². The molecule has 1 saturated heterocycles. The van der Waals surface area contributed by atoms with Crippen molar-refractivity contribution in [3.63, 3.8) is 0 Å². The molecule has 0 unspecified atom stereocenters. The monoisotopic (exact) mass is 476 g/mol. The molecule has 2 aromatic rings. The van der Waals surface area contributed by atoms with Gasteiger partial charge in [-0.05, 0) is 50.2 Å². The van der Waals surface area contributed by atoms with Crippen LogP contribution in [0.25, 0.3) is 0 Å². The molecule has 0 saturated carbocycles. The number of ether oxygens (including phenoxy) is 2. The maximum atomic E-state index is 12.7. The lowest BCUT2D eigenvalue weighted by atomic mass is 9.93. The Morgan fingerprint density at radius 3 is 2.43 bits per heavy atom. The van der Waals surface area contributed by atoms with Crippen LogP contribution in [0.5, 0.6) is 11.5 Å². The minimum Gasteiger partial charge on any atom is -0.493 e. The number of nitriles is 1. The maximum Gasteiger partial charge on any atom is 0.337 e. The van der Waals surface area contributed by atoms with Crippen molar-refractivity contribution in [3.8, 4) is 17.6 Å². The van der Waals surface area contributed by atoms with Crippen LogP contribution in [-0.2, 0) is 6.42 Å². The van der Waals surface area contributed by atoms with Gasteiger partial charge >= 0.3 is 6.03 Å². The minimum atomic E-state index is -0.295. The van der Waals surface area contributed by atoms with Crippen LogP contribution in [0.4, 0.5) is 10.5 Å². The molecular weight excluding hydrogens is 444 g/mol. The summed E-state index contributed by atoms with van der Waals surface area (Å²) < 4.78 is 11.1. The van der Waals surface area contributed by atoms with Gasteiger partial charge < -0.3 is 24.6 Å². The SMILES string of the molecule is CNC(=O)N1N=C(c2ccc(N3CCN(C)CC3)c(C#N)c2)c2cc(OC)c(OC)cc2C[C@@H]1C. The van der Waals surface area contributed by atoms with Crippen molar-refractivity contribution >= 4 is 17.4 Å². The highest BCUT2D eigenvalue weighted by molar-refractivity contribution is 6.15. The van der Waals surface area contributed by atoms with E-state index in [0.717, 1.165) is 48.6 Å². The van der Waals surface area contributed by atoms with Gasteiger partial charge in [0.05, 0.1) is 37.2 Å². The number of benzene rings is 2. The minimum absolute atomic E-state index is 0.190. The third kappa shape index (κ3) is 4.75. The van der Waals surface area contributed by atoms with Crippen LogP contribution in [0.1, 0.15) is 29.2 Å². The second-order valence-electron chi connectivity index (χ2n) is 8.90. The average molecular weight is 477 g/mol. The molecule has 2 amide bonds. The van der Waals surface area contributed by atoms with Gasteiger partial charge in [0.2, 0.25) is 0 Å². The number of anilines is 1. The quantitative estimate of drug-likeness (QED) is 0.729. The molecule has 9 nitrogen and oxygen atoms in total. The van der Waals surface area contributed by atoms with Crippen molar-refractivity contribution in [2.45, 2.75) is 19.4 Å². The largest absolute Gasteiger partial charge is 0.493 e. The molecule has 9 heteroatoms. The molecule has 1 N–H and O–H groups in total. The van der Waals surface area contributed by atoms with E-state index in [0.29, 0.717) is 29.2 Å². The molecule has 4 rings (SSSR count). The number of carbonyl (C=O) groups excluding carboxylic acids is 1. The highest BCUT2D eigenvalue weighted by Crippen LogP contribution is 2.35. The van der Waals surface area contributed by atoms with Crippen molar-refractivity contribution < 1.29 is 14.3 Å². The average Bonchev–Trinajstić information content (AvgIpc) is 3.02. The molecule has 2 aliphatic heterocycles. The Morgan fingerprint density at radius 1 is 1.11 bits per heavy atom. The fourth-order valence-corrected chi connectivity index (χ4v) is 4.64. The molecule has 2 aromatic carbocycles. The third-order valence-corrected chi connectivity index (χ3v) is 6.66. The number of nitrogens with zero attached hydrogens (tertiary/aromatic N) is 5. The van der Waals surface area contributed by atoms with Gasteiger partial charge in [-0.25, -0.2) is 9.80 Å². The number of urea groups is 1. The van der Waals surface area contributed by atoms with E-state index in [-0.39, 0.29) is 12.1 Å². The van der Waals surface area contributed by atoms with Gasteiger partial charge in [0, 0.05) is 44.4 Å². The Bertz CT molecular complexity index is 1180. The van der Waals surface area contributed by atoms with Crippen LogP contribution >= 0.6 is 0 Å². The Hall–Kier alpha value is -3.77. The molecule has 35 heavy (non-hydrogen) atoms. The fraction of sp³-hybridized carbons (Fsp3) is 0.423. The molecule has 2 heterocycles. The molecule has 0 spiro atoms. The van der Waals surface area contributed by atoms with Crippen LogP contribution in [0.15, 0.2) is 35.4 Å². The second-order valence-corrected chi connectivity index (χ2v) is 8.90. The van der Waals surface area contributed by atoms with Gasteiger partial charge in [0.15, 0.2) is 11.5 Å². The highest BCUT2D eigenvalue weighted by atomic mass is 16.5. The van der Waals surface area contributed by atoms with E-state index in [1.165, 1.54) is 5.01 Å². The van der Waals surface area contributed by atoms with E-state index in [1.54, 1.807) is 21.3 Å². The van der Waals surface area contributed by atoms with Gasteiger partial charge in [0.25, 0.3) is 0 Å². The standard InChI is InChI=1S/C26H32N6O3/c1-17-12-19-14-23(34-4)24(35-5)15-21(19)25(29-32(17)26(33)28-2)18-6-7-22(20(13-18)16-27)31-10-8-30(3)9-11-31/h6-7,13-15,17H,8-12H2,1-5H3,(H,28,33)/t17-/m0/s1. The summed E-state index contributed by atoms with van der Waals surface area (Å²) in [5, 5.41) is 19.0. The lowest BCUT2D eigenvalue weighted by molar-refractivity contribution is 0.184. The lowest BCUT2D eigenvalue weighted by Crippen LogP contribution is -2.44. The molecular formula is C26H32N6O3. The maximum absolute atomic E-state index is 12.7. The summed E-state index contributed by atoms with van der Waals surface area (Å²) in [4.78, 5) is 17.2. The summed E-state index contributed by atoms with van der Waals surface area (Å²) in [5.74, 6) is 1.20. The molecule has 2 aliphatic rings. The molecule has 0 aromatic heterocycles. The molecule has 1 atom stereocenters. The van der Waals surface area contributed by atoms with E-state index in [2.05, 4.69) is 28.2 Å². The number of methoxy groups -OCH3 is 2. The predicted octanol–water partition coefficient (Wildman–Crippen LogP) is 2.67. The first-order chi connectivity index (χ1) is 16.9. The highest BCUT2D eigenvalue weighted by Gasteiger charge is 2.29. The summed E-state index contributed by atoms with van der Waals surface area (Å²) in [6.07, 6.45) is 0.584. The first-order valence-electron chi connectivity index (χ1n) is 11.7. The number of piperazine rings is 1. The number of rotatable bonds is 4.